The zero-order chi connectivity index (χ0) is 72.1. The molecule has 1 saturated carbocycles. The minimum absolute atomic E-state index is 0. The van der Waals surface area contributed by atoms with E-state index in [-0.39, 0.29) is 50.7 Å². The van der Waals surface area contributed by atoms with E-state index in [0.29, 0.717) is 10.8 Å². The average Bonchev–Trinajstić information content (AvgIpc) is 1.67. The Balaban J connectivity index is 0.000000536. The van der Waals surface area contributed by atoms with Gasteiger partial charge in [-0.3, -0.25) is 39.3 Å². The van der Waals surface area contributed by atoms with Crippen LogP contribution in [0.25, 0.3) is 0 Å². The van der Waals surface area contributed by atoms with Gasteiger partial charge in [-0.25, -0.2) is 0 Å². The predicted octanol–water partition coefficient (Wildman–Crippen LogP) is 20.7. The Morgan fingerprint density at radius 1 is 0.421 bits per heavy atom. The Morgan fingerprint density at radius 2 is 0.958 bits per heavy atom. The van der Waals surface area contributed by atoms with Gasteiger partial charge in [0.1, 0.15) is 0 Å². The van der Waals surface area contributed by atoms with Crippen LogP contribution in [-0.2, 0) is 75.3 Å². The number of nitrogens with one attached hydrogen (secondary N) is 3. The zero-order valence-corrected chi connectivity index (χ0v) is 65.2. The average molecular weight is 1300 g/mol. The second-order valence-electron chi connectivity index (χ2n) is 34.6. The number of benzene rings is 1. The molecular weight excluding hydrogens is 1170 g/mol. The maximum absolute atomic E-state index is 4.64. The largest absolute Gasteiger partial charge is 0.285 e. The molecule has 0 spiro atoms. The maximum atomic E-state index is 4.64. The molecule has 8 aromatic heterocycles. The first-order valence-corrected chi connectivity index (χ1v) is 33.7. The lowest BCUT2D eigenvalue weighted by atomic mass is 9.68. The van der Waals surface area contributed by atoms with Crippen molar-refractivity contribution in [3.63, 3.8) is 0 Å². The fraction of sp³-hybridized carbons (Fsp3) is 0.580. The first kappa shape index (κ1) is 85.8. The van der Waals surface area contributed by atoms with Crippen LogP contribution in [0.4, 0.5) is 0 Å². The van der Waals surface area contributed by atoms with E-state index in [4.69, 9.17) is 0 Å². The lowest BCUT2D eigenvalue weighted by molar-refractivity contribution is 0.264. The molecule has 1 aliphatic carbocycles. The van der Waals surface area contributed by atoms with Crippen LogP contribution in [0, 0.1) is 13.8 Å². The fourth-order valence-corrected chi connectivity index (χ4v) is 9.30. The van der Waals surface area contributed by atoms with Crippen molar-refractivity contribution in [3.05, 3.63) is 202 Å². The summed E-state index contributed by atoms with van der Waals surface area (Å²) in [6, 6.07) is 23.1. The Bertz CT molecular complexity index is 3310. The first-order valence-electron chi connectivity index (χ1n) is 33.7. The molecular formula is C81H134N14. The van der Waals surface area contributed by atoms with E-state index >= 15 is 0 Å². The summed E-state index contributed by atoms with van der Waals surface area (Å²) in [6.07, 6.45) is 25.2. The molecule has 0 bridgehead atoms. The third-order valence-corrected chi connectivity index (χ3v) is 16.1. The minimum Gasteiger partial charge on any atom is -0.285 e. The van der Waals surface area contributed by atoms with Gasteiger partial charge in [0.15, 0.2) is 0 Å². The summed E-state index contributed by atoms with van der Waals surface area (Å²) in [6.45, 7) is 65.5. The van der Waals surface area contributed by atoms with Crippen LogP contribution in [0.1, 0.15) is 288 Å². The van der Waals surface area contributed by atoms with Gasteiger partial charge < -0.3 is 0 Å². The summed E-state index contributed by atoms with van der Waals surface area (Å²) >= 11 is 0. The molecule has 1 aromatic carbocycles. The van der Waals surface area contributed by atoms with Gasteiger partial charge in [0, 0.05) is 104 Å². The Labute approximate surface area is 579 Å². The van der Waals surface area contributed by atoms with E-state index in [1.807, 2.05) is 91.4 Å². The number of pyridine rings is 2. The van der Waals surface area contributed by atoms with Crippen LogP contribution >= 0.6 is 0 Å². The number of rotatable bonds is 1. The molecule has 0 atom stereocenters. The van der Waals surface area contributed by atoms with Crippen molar-refractivity contribution < 1.29 is 0 Å². The van der Waals surface area contributed by atoms with Gasteiger partial charge in [0.2, 0.25) is 0 Å². The van der Waals surface area contributed by atoms with Gasteiger partial charge in [-0.05, 0) is 128 Å². The SMILES string of the molecule is C.CC(C)(C)c1ccc(C2(C)CCC2)nc1.CC(C)(C)c1ccccc1.CC(C)(C)c1cccnc1.CC(C)(C)c1ccn[nH]1.CC(C)(C)c1cn[nH]c1.Cc1[nH]ncc1C(C)(C)C.Cc1nn(C)cc1C(C)(C)C.Cn1cc(C(C)(C)C)cn1.Cn1ccc(C(C)(C)C)n1. The second-order valence-corrected chi connectivity index (χ2v) is 34.6. The lowest BCUT2D eigenvalue weighted by Crippen LogP contribution is -2.31. The summed E-state index contributed by atoms with van der Waals surface area (Å²) in [5.74, 6) is 0. The van der Waals surface area contributed by atoms with E-state index in [2.05, 4.69) is 330 Å². The molecule has 14 nitrogen and oxygen atoms in total. The summed E-state index contributed by atoms with van der Waals surface area (Å²) < 4.78 is 5.54. The van der Waals surface area contributed by atoms with Crippen LogP contribution in [0.15, 0.2) is 135 Å². The fourth-order valence-electron chi connectivity index (χ4n) is 9.30. The third kappa shape index (κ3) is 31.5. The van der Waals surface area contributed by atoms with Crippen LogP contribution in [0.3, 0.4) is 0 Å². The maximum Gasteiger partial charge on any atom is 0.0677 e. The van der Waals surface area contributed by atoms with E-state index in [1.54, 1.807) is 12.4 Å². The lowest BCUT2D eigenvalue weighted by Gasteiger charge is -2.38. The highest BCUT2D eigenvalue weighted by atomic mass is 15.3. The standard InChI is InChI=1S/C14H21N.C10H14.C9H16N2.C9H13N.3C8H14N2.2C7H12N2.CH4/c1-13(2,3)11-6-7-12(15-10-11)14(4)8-5-9-14;1-10(2,3)9-7-5-4-6-8-9;1-7-8(9(2,3)4)6-11(5)10-7;1-9(2,3)8-5-4-6-10-7-8;1-8(2,3)7-5-9-10(4)6-7;1-8(2,3)7-5-6-10(4)9-7;1-6-7(5-9-10-6)8(2,3)4;1-7(2,3)6-4-8-9-5-6;1-7(2,3)6-4-5-8-9-6;/h6-7,10H,5,8-9H2,1-4H3;4-8H,1-3H3;6H,1-5H3;4-7H,1-3H3;2*5-6H,1-4H3;5H,1-4H3,(H,9,10);2*4-5H,1-3H3,(H,8,9);1H4. The molecule has 1 fully saturated rings. The van der Waals surface area contributed by atoms with Gasteiger partial charge in [-0.1, -0.05) is 250 Å². The molecule has 14 heteroatoms. The van der Waals surface area contributed by atoms with Crippen molar-refractivity contribution in [1.82, 2.24) is 69.9 Å². The monoisotopic (exact) mass is 1300 g/mol. The van der Waals surface area contributed by atoms with Gasteiger partial charge in [-0.15, -0.1) is 0 Å². The summed E-state index contributed by atoms with van der Waals surface area (Å²) in [4.78, 5) is 8.69. The van der Waals surface area contributed by atoms with Crippen molar-refractivity contribution >= 4 is 0 Å². The van der Waals surface area contributed by atoms with E-state index < -0.39 is 0 Å². The van der Waals surface area contributed by atoms with Crippen molar-refractivity contribution in [1.29, 1.82) is 0 Å². The predicted molar refractivity (Wildman–Crippen MR) is 406 cm³/mol. The Morgan fingerprint density at radius 3 is 1.20 bits per heavy atom. The molecule has 1 aliphatic rings. The topological polar surface area (TPSA) is 165 Å². The van der Waals surface area contributed by atoms with Gasteiger partial charge >= 0.3 is 0 Å². The highest BCUT2D eigenvalue weighted by Gasteiger charge is 2.35. The highest BCUT2D eigenvalue weighted by molar-refractivity contribution is 5.28. The molecule has 10 rings (SSSR count). The summed E-state index contributed by atoms with van der Waals surface area (Å²) in [7, 11) is 5.84. The van der Waals surface area contributed by atoms with Crippen molar-refractivity contribution in [2.45, 2.75) is 289 Å². The van der Waals surface area contributed by atoms with Crippen LogP contribution in [0.2, 0.25) is 0 Å². The number of hydrogen-bond donors (Lipinski definition) is 3. The molecule has 3 N–H and O–H groups in total. The summed E-state index contributed by atoms with van der Waals surface area (Å²) in [5.41, 5.74) is 17.5. The number of aromatic amines is 3. The Kier molecular flexibility index (Phi) is 32.2. The van der Waals surface area contributed by atoms with Crippen molar-refractivity contribution in [2.75, 3.05) is 0 Å². The normalized spacial score (nSPS) is 13.0. The molecule has 528 valence electrons. The molecule has 8 heterocycles. The molecule has 95 heavy (non-hydrogen) atoms. The number of H-pyrrole nitrogens is 3. The summed E-state index contributed by atoms with van der Waals surface area (Å²) in [5, 5.41) is 33.0. The van der Waals surface area contributed by atoms with Crippen LogP contribution < -0.4 is 0 Å². The molecule has 0 radical (unpaired) electrons. The van der Waals surface area contributed by atoms with Crippen LogP contribution in [-0.4, -0.2) is 69.9 Å². The molecule has 9 aromatic rings. The first-order chi connectivity index (χ1) is 42.8. The number of nitrogens with zero attached hydrogens (tertiary/aromatic N) is 11. The van der Waals surface area contributed by atoms with Crippen molar-refractivity contribution in [2.24, 2.45) is 21.1 Å². The molecule has 0 saturated heterocycles. The highest BCUT2D eigenvalue weighted by Crippen LogP contribution is 2.42. The smallest absolute Gasteiger partial charge is 0.0677 e. The molecule has 0 amide bonds. The molecule has 0 aliphatic heterocycles. The second kappa shape index (κ2) is 35.7. The van der Waals surface area contributed by atoms with E-state index in [1.165, 1.54) is 75.3 Å². The number of aryl methyl sites for hydroxylation is 5. The van der Waals surface area contributed by atoms with Gasteiger partial charge in [0.05, 0.1) is 30.0 Å². The van der Waals surface area contributed by atoms with E-state index in [0.717, 1.165) is 11.4 Å². The quantitative estimate of drug-likeness (QED) is 0.146. The van der Waals surface area contributed by atoms with Crippen molar-refractivity contribution in [3.8, 4) is 0 Å². The third-order valence-electron chi connectivity index (χ3n) is 16.1. The molecule has 0 unspecified atom stereocenters. The number of hydrogen-bond acceptors (Lipinski definition) is 8. The van der Waals surface area contributed by atoms with Crippen LogP contribution in [0.5, 0.6) is 0 Å². The van der Waals surface area contributed by atoms with Gasteiger partial charge in [0.25, 0.3) is 0 Å². The van der Waals surface area contributed by atoms with Gasteiger partial charge in [-0.2, -0.15) is 30.6 Å². The number of aromatic nitrogens is 14. The van der Waals surface area contributed by atoms with E-state index in [9.17, 15) is 0 Å². The zero-order valence-electron chi connectivity index (χ0n) is 65.2. The Hall–Kier alpha value is -7.22. The minimum atomic E-state index is 0.